The standard InChI is InChI=1S/C15H20N2O4/c1-2-21-9-7-16-15(20)17-8-3-4-11-10-12(14(18)19)5-6-13(11)17/h5-6,10H,2-4,7-9H2,1H3,(H,16,20)(H,18,19). The lowest BCUT2D eigenvalue weighted by Crippen LogP contribution is -2.43. The number of nitrogens with one attached hydrogen (secondary N) is 1. The topological polar surface area (TPSA) is 78.9 Å². The van der Waals surface area contributed by atoms with Crippen molar-refractivity contribution in [3.05, 3.63) is 29.3 Å². The first-order valence-corrected chi connectivity index (χ1v) is 7.12. The normalized spacial score (nSPS) is 13.7. The maximum atomic E-state index is 12.2. The highest BCUT2D eigenvalue weighted by Gasteiger charge is 2.23. The maximum Gasteiger partial charge on any atom is 0.335 e. The molecule has 0 saturated heterocycles. The summed E-state index contributed by atoms with van der Waals surface area (Å²) >= 11 is 0. The lowest BCUT2D eigenvalue weighted by Gasteiger charge is -2.29. The highest BCUT2D eigenvalue weighted by Crippen LogP contribution is 2.28. The van der Waals surface area contributed by atoms with Crippen molar-refractivity contribution in [1.82, 2.24) is 5.32 Å². The van der Waals surface area contributed by atoms with E-state index in [2.05, 4.69) is 5.32 Å². The quantitative estimate of drug-likeness (QED) is 0.812. The van der Waals surface area contributed by atoms with Crippen LogP contribution in [0.4, 0.5) is 10.5 Å². The van der Waals surface area contributed by atoms with Gasteiger partial charge in [0.1, 0.15) is 0 Å². The fourth-order valence-electron chi connectivity index (χ4n) is 2.41. The van der Waals surface area contributed by atoms with E-state index in [9.17, 15) is 9.59 Å². The first-order valence-electron chi connectivity index (χ1n) is 7.12. The molecular formula is C15H20N2O4. The molecule has 6 heteroatoms. The van der Waals surface area contributed by atoms with Crippen LogP contribution in [0.3, 0.4) is 0 Å². The number of urea groups is 1. The maximum absolute atomic E-state index is 12.2. The Kier molecular flexibility index (Phi) is 5.16. The van der Waals surface area contributed by atoms with Crippen molar-refractivity contribution in [3.8, 4) is 0 Å². The lowest BCUT2D eigenvalue weighted by atomic mass is 9.99. The molecule has 0 spiro atoms. The van der Waals surface area contributed by atoms with Crippen molar-refractivity contribution in [3.63, 3.8) is 0 Å². The molecule has 0 unspecified atom stereocenters. The number of benzene rings is 1. The van der Waals surface area contributed by atoms with E-state index in [1.807, 2.05) is 6.92 Å². The van der Waals surface area contributed by atoms with E-state index in [0.717, 1.165) is 24.1 Å². The second-order valence-electron chi connectivity index (χ2n) is 4.83. The number of rotatable bonds is 5. The van der Waals surface area contributed by atoms with Gasteiger partial charge < -0.3 is 15.2 Å². The van der Waals surface area contributed by atoms with Crippen molar-refractivity contribution < 1.29 is 19.4 Å². The highest BCUT2D eigenvalue weighted by atomic mass is 16.5. The summed E-state index contributed by atoms with van der Waals surface area (Å²) < 4.78 is 5.18. The van der Waals surface area contributed by atoms with Crippen LogP contribution in [0.5, 0.6) is 0 Å². The molecule has 0 atom stereocenters. The number of carbonyl (C=O) groups excluding carboxylic acids is 1. The number of carboxylic acid groups (broad SMARTS) is 1. The van der Waals surface area contributed by atoms with Crippen LogP contribution >= 0.6 is 0 Å². The molecule has 2 rings (SSSR count). The van der Waals surface area contributed by atoms with Gasteiger partial charge in [0.25, 0.3) is 0 Å². The summed E-state index contributed by atoms with van der Waals surface area (Å²) in [5, 5.41) is 11.8. The largest absolute Gasteiger partial charge is 0.478 e. The average molecular weight is 292 g/mol. The first-order chi connectivity index (χ1) is 10.1. The molecule has 114 valence electrons. The van der Waals surface area contributed by atoms with Gasteiger partial charge in [0.05, 0.1) is 12.2 Å². The number of fused-ring (bicyclic) bond motifs is 1. The van der Waals surface area contributed by atoms with Crippen LogP contribution in [-0.4, -0.2) is 43.4 Å². The van der Waals surface area contributed by atoms with Crippen LogP contribution < -0.4 is 10.2 Å². The van der Waals surface area contributed by atoms with Gasteiger partial charge in [-0.1, -0.05) is 0 Å². The molecular weight excluding hydrogens is 272 g/mol. The Balaban J connectivity index is 2.07. The summed E-state index contributed by atoms with van der Waals surface area (Å²) in [6.45, 7) is 4.12. The number of anilines is 1. The smallest absolute Gasteiger partial charge is 0.335 e. The fraction of sp³-hybridized carbons (Fsp3) is 0.467. The summed E-state index contributed by atoms with van der Waals surface area (Å²) in [7, 11) is 0. The fourth-order valence-corrected chi connectivity index (χ4v) is 2.41. The molecule has 2 N–H and O–H groups in total. The van der Waals surface area contributed by atoms with Crippen molar-refractivity contribution in [2.45, 2.75) is 19.8 Å². The number of nitrogens with zero attached hydrogens (tertiary/aromatic N) is 1. The average Bonchev–Trinajstić information content (AvgIpc) is 2.50. The van der Waals surface area contributed by atoms with Gasteiger partial charge in [-0.25, -0.2) is 9.59 Å². The molecule has 1 aromatic carbocycles. The minimum Gasteiger partial charge on any atom is -0.478 e. The van der Waals surface area contributed by atoms with Crippen LogP contribution in [0, 0.1) is 0 Å². The number of amides is 2. The minimum absolute atomic E-state index is 0.168. The Morgan fingerprint density at radius 2 is 2.24 bits per heavy atom. The molecule has 0 fully saturated rings. The second-order valence-corrected chi connectivity index (χ2v) is 4.83. The van der Waals surface area contributed by atoms with Gasteiger partial charge in [0.15, 0.2) is 0 Å². The number of carbonyl (C=O) groups is 2. The highest BCUT2D eigenvalue weighted by molar-refractivity contribution is 5.95. The van der Waals surface area contributed by atoms with Crippen LogP contribution in [-0.2, 0) is 11.2 Å². The van der Waals surface area contributed by atoms with Crippen molar-refractivity contribution in [1.29, 1.82) is 0 Å². The summed E-state index contributed by atoms with van der Waals surface area (Å²) in [5.74, 6) is -0.948. The van der Waals surface area contributed by atoms with E-state index in [4.69, 9.17) is 9.84 Å². The number of carboxylic acids is 1. The van der Waals surface area contributed by atoms with E-state index in [1.54, 1.807) is 17.0 Å². The Morgan fingerprint density at radius 1 is 1.43 bits per heavy atom. The van der Waals surface area contributed by atoms with E-state index >= 15 is 0 Å². The molecule has 1 heterocycles. The van der Waals surface area contributed by atoms with Crippen LogP contribution in [0.2, 0.25) is 0 Å². The third-order valence-corrected chi connectivity index (χ3v) is 3.42. The molecule has 1 aliphatic rings. The van der Waals surface area contributed by atoms with Crippen molar-refractivity contribution in [2.75, 3.05) is 31.2 Å². The van der Waals surface area contributed by atoms with E-state index in [-0.39, 0.29) is 11.6 Å². The van der Waals surface area contributed by atoms with Crippen LogP contribution in [0.15, 0.2) is 18.2 Å². The third-order valence-electron chi connectivity index (χ3n) is 3.42. The molecule has 21 heavy (non-hydrogen) atoms. The number of hydrogen-bond acceptors (Lipinski definition) is 3. The Labute approximate surface area is 123 Å². The zero-order valence-corrected chi connectivity index (χ0v) is 12.1. The minimum atomic E-state index is -0.948. The molecule has 0 bridgehead atoms. The molecule has 0 saturated carbocycles. The van der Waals surface area contributed by atoms with Crippen molar-refractivity contribution in [2.24, 2.45) is 0 Å². The Bertz CT molecular complexity index is 530. The van der Waals surface area contributed by atoms with Crippen molar-refractivity contribution >= 4 is 17.7 Å². The van der Waals surface area contributed by atoms with Gasteiger partial charge >= 0.3 is 12.0 Å². The monoisotopic (exact) mass is 292 g/mol. The number of hydrogen-bond donors (Lipinski definition) is 2. The van der Waals surface area contributed by atoms with Gasteiger partial charge in [-0.3, -0.25) is 4.90 Å². The second kappa shape index (κ2) is 7.08. The molecule has 0 aliphatic carbocycles. The van der Waals surface area contributed by atoms with Gasteiger partial charge in [0, 0.05) is 25.4 Å². The molecule has 6 nitrogen and oxygen atoms in total. The summed E-state index contributed by atoms with van der Waals surface area (Å²) in [5.41, 5.74) is 1.95. The zero-order chi connectivity index (χ0) is 15.2. The predicted octanol–water partition coefficient (Wildman–Crippen LogP) is 1.88. The van der Waals surface area contributed by atoms with E-state index < -0.39 is 5.97 Å². The Morgan fingerprint density at radius 3 is 2.95 bits per heavy atom. The van der Waals surface area contributed by atoms with Gasteiger partial charge in [-0.05, 0) is 43.5 Å². The van der Waals surface area contributed by atoms with Crippen LogP contribution in [0.1, 0.15) is 29.3 Å². The number of aryl methyl sites for hydroxylation is 1. The summed E-state index contributed by atoms with van der Waals surface area (Å²) in [4.78, 5) is 24.8. The summed E-state index contributed by atoms with van der Waals surface area (Å²) in [6.07, 6.45) is 1.62. The number of aromatic carboxylic acids is 1. The molecule has 0 aromatic heterocycles. The van der Waals surface area contributed by atoms with Gasteiger partial charge in [-0.2, -0.15) is 0 Å². The lowest BCUT2D eigenvalue weighted by molar-refractivity contribution is 0.0696. The summed E-state index contributed by atoms with van der Waals surface area (Å²) in [6, 6.07) is 4.73. The first kappa shape index (κ1) is 15.3. The SMILES string of the molecule is CCOCCNC(=O)N1CCCc2cc(C(=O)O)ccc21. The zero-order valence-electron chi connectivity index (χ0n) is 12.1. The molecule has 1 aromatic rings. The number of ether oxygens (including phenoxy) is 1. The molecule has 0 radical (unpaired) electrons. The van der Waals surface area contributed by atoms with E-state index in [0.29, 0.717) is 26.3 Å². The van der Waals surface area contributed by atoms with Gasteiger partial charge in [-0.15, -0.1) is 0 Å². The predicted molar refractivity (Wildman–Crippen MR) is 79.0 cm³/mol. The van der Waals surface area contributed by atoms with Gasteiger partial charge in [0.2, 0.25) is 0 Å². The molecule has 2 amide bonds. The van der Waals surface area contributed by atoms with Crippen LogP contribution in [0.25, 0.3) is 0 Å². The Hall–Kier alpha value is -2.08. The molecule has 1 aliphatic heterocycles. The van der Waals surface area contributed by atoms with E-state index in [1.165, 1.54) is 6.07 Å². The third kappa shape index (κ3) is 3.72.